The van der Waals surface area contributed by atoms with Crippen LogP contribution in [-0.2, 0) is 14.8 Å². The molecule has 1 aliphatic heterocycles. The third-order valence-corrected chi connectivity index (χ3v) is 6.21. The number of fused-ring (bicyclic) bond motifs is 1. The molecule has 180 valence electrons. The number of halogens is 2. The van der Waals surface area contributed by atoms with E-state index in [4.69, 9.17) is 4.74 Å². The average Bonchev–Trinajstić information content (AvgIpc) is 3.01. The van der Waals surface area contributed by atoms with Crippen LogP contribution in [0.4, 0.5) is 20.2 Å². The van der Waals surface area contributed by atoms with Crippen LogP contribution >= 0.6 is 0 Å². The number of aliphatic hydroxyl groups is 1. The normalized spacial score (nSPS) is 15.2. The SMILES string of the molecule is CCOc1cc(NC(=O)[C@@H](CO)C(C)C)ccc1S(=O)(=O)Nc1ccc2c(c1)OC(F)(F)O2. The first-order chi connectivity index (χ1) is 15.5. The van der Waals surface area contributed by atoms with Gasteiger partial charge in [0.25, 0.3) is 10.0 Å². The number of carbonyl (C=O) groups excluding carboxylic acids is 1. The molecule has 0 aliphatic carbocycles. The molecular weight excluding hydrogens is 462 g/mol. The van der Waals surface area contributed by atoms with Gasteiger partial charge in [0.15, 0.2) is 11.5 Å². The molecule has 0 aromatic heterocycles. The van der Waals surface area contributed by atoms with Gasteiger partial charge in [0, 0.05) is 17.8 Å². The molecular formula is C21H24F2N2O7S. The minimum absolute atomic E-state index is 0.0276. The maximum atomic E-state index is 13.2. The molecule has 9 nitrogen and oxygen atoms in total. The van der Waals surface area contributed by atoms with Crippen molar-refractivity contribution >= 4 is 27.3 Å². The summed E-state index contributed by atoms with van der Waals surface area (Å²) in [5.41, 5.74) is 0.254. The number of nitrogens with one attached hydrogen (secondary N) is 2. The highest BCUT2D eigenvalue weighted by molar-refractivity contribution is 7.92. The number of alkyl halides is 2. The zero-order valence-electron chi connectivity index (χ0n) is 18.1. The molecule has 0 saturated carbocycles. The summed E-state index contributed by atoms with van der Waals surface area (Å²) < 4.78 is 68.7. The summed E-state index contributed by atoms with van der Waals surface area (Å²) in [6, 6.07) is 7.45. The van der Waals surface area contributed by atoms with E-state index in [0.717, 1.165) is 12.1 Å². The fourth-order valence-corrected chi connectivity index (χ4v) is 4.31. The van der Waals surface area contributed by atoms with Gasteiger partial charge in [-0.3, -0.25) is 9.52 Å². The van der Waals surface area contributed by atoms with E-state index in [1.807, 2.05) is 0 Å². The molecule has 0 spiro atoms. The van der Waals surface area contributed by atoms with Gasteiger partial charge in [0.1, 0.15) is 10.6 Å². The minimum atomic E-state index is -4.20. The van der Waals surface area contributed by atoms with Crippen molar-refractivity contribution in [2.75, 3.05) is 23.3 Å². The number of anilines is 2. The van der Waals surface area contributed by atoms with Crippen LogP contribution < -0.4 is 24.2 Å². The molecule has 3 N–H and O–H groups in total. The van der Waals surface area contributed by atoms with Gasteiger partial charge in [-0.05, 0) is 37.1 Å². The van der Waals surface area contributed by atoms with Crippen LogP contribution in [-0.4, -0.2) is 38.9 Å². The van der Waals surface area contributed by atoms with Crippen molar-refractivity contribution in [3.8, 4) is 17.2 Å². The molecule has 33 heavy (non-hydrogen) atoms. The molecule has 0 saturated heterocycles. The van der Waals surface area contributed by atoms with Gasteiger partial charge in [-0.1, -0.05) is 13.8 Å². The highest BCUT2D eigenvalue weighted by Gasteiger charge is 2.43. The zero-order valence-corrected chi connectivity index (χ0v) is 18.9. The first kappa shape index (κ1) is 24.5. The number of amides is 1. The Bertz CT molecular complexity index is 1140. The molecule has 0 radical (unpaired) electrons. The Morgan fingerprint density at radius 3 is 2.42 bits per heavy atom. The van der Waals surface area contributed by atoms with Gasteiger partial charge in [0.2, 0.25) is 5.91 Å². The lowest BCUT2D eigenvalue weighted by Gasteiger charge is -2.19. The third-order valence-electron chi connectivity index (χ3n) is 4.79. The number of ether oxygens (including phenoxy) is 3. The highest BCUT2D eigenvalue weighted by atomic mass is 32.2. The van der Waals surface area contributed by atoms with Gasteiger partial charge >= 0.3 is 6.29 Å². The minimum Gasteiger partial charge on any atom is -0.492 e. The topological polar surface area (TPSA) is 123 Å². The van der Waals surface area contributed by atoms with Crippen LogP contribution in [0.1, 0.15) is 20.8 Å². The lowest BCUT2D eigenvalue weighted by atomic mass is 9.96. The van der Waals surface area contributed by atoms with Gasteiger partial charge in [-0.2, -0.15) is 0 Å². The van der Waals surface area contributed by atoms with E-state index in [1.54, 1.807) is 20.8 Å². The smallest absolute Gasteiger partial charge is 0.492 e. The third kappa shape index (κ3) is 5.63. The highest BCUT2D eigenvalue weighted by Crippen LogP contribution is 2.42. The van der Waals surface area contributed by atoms with Gasteiger partial charge < -0.3 is 24.6 Å². The van der Waals surface area contributed by atoms with Crippen molar-refractivity contribution < 1.29 is 41.3 Å². The molecule has 1 atom stereocenters. The number of benzene rings is 2. The van der Waals surface area contributed by atoms with E-state index in [1.165, 1.54) is 24.3 Å². The van der Waals surface area contributed by atoms with Crippen molar-refractivity contribution in [3.05, 3.63) is 36.4 Å². The molecule has 0 fully saturated rings. The number of aliphatic hydroxyl groups excluding tert-OH is 1. The predicted molar refractivity (Wildman–Crippen MR) is 115 cm³/mol. The van der Waals surface area contributed by atoms with Crippen LogP contribution in [0.15, 0.2) is 41.3 Å². The largest absolute Gasteiger partial charge is 0.586 e. The number of carbonyl (C=O) groups is 1. The number of rotatable bonds is 9. The molecule has 2 aromatic carbocycles. The maximum Gasteiger partial charge on any atom is 0.586 e. The molecule has 1 aliphatic rings. The number of sulfonamides is 1. The summed E-state index contributed by atoms with van der Waals surface area (Å²) in [4.78, 5) is 12.2. The van der Waals surface area contributed by atoms with E-state index in [9.17, 15) is 27.1 Å². The Labute approximate surface area is 189 Å². The molecule has 0 bridgehead atoms. The Balaban J connectivity index is 1.85. The Morgan fingerprint density at radius 1 is 1.12 bits per heavy atom. The lowest BCUT2D eigenvalue weighted by molar-refractivity contribution is -0.286. The predicted octanol–water partition coefficient (Wildman–Crippen LogP) is 3.41. The molecule has 3 rings (SSSR count). The Kier molecular flexibility index (Phi) is 6.98. The average molecular weight is 486 g/mol. The summed E-state index contributed by atoms with van der Waals surface area (Å²) in [6.07, 6.45) is -3.83. The fraction of sp³-hybridized carbons (Fsp3) is 0.381. The van der Waals surface area contributed by atoms with Crippen LogP contribution in [0.5, 0.6) is 17.2 Å². The first-order valence-electron chi connectivity index (χ1n) is 10.1. The van der Waals surface area contributed by atoms with Crippen molar-refractivity contribution in [1.82, 2.24) is 0 Å². The van der Waals surface area contributed by atoms with E-state index >= 15 is 0 Å². The molecule has 1 amide bonds. The van der Waals surface area contributed by atoms with Crippen LogP contribution in [0.3, 0.4) is 0 Å². The maximum absolute atomic E-state index is 13.2. The van der Waals surface area contributed by atoms with Crippen molar-refractivity contribution in [2.24, 2.45) is 11.8 Å². The quantitative estimate of drug-likeness (QED) is 0.496. The van der Waals surface area contributed by atoms with E-state index in [2.05, 4.69) is 19.5 Å². The standard InChI is InChI=1S/C21H24F2N2O7S/c1-4-30-18-9-13(24-20(27)15(11-26)12(2)3)6-8-19(18)33(28,29)25-14-5-7-16-17(10-14)32-21(22,23)31-16/h5-10,12,15,25-26H,4,11H2,1-3H3,(H,24,27)/t15-/m0/s1. The van der Waals surface area contributed by atoms with Crippen LogP contribution in [0, 0.1) is 11.8 Å². The van der Waals surface area contributed by atoms with Gasteiger partial charge in [0.05, 0.1) is 24.8 Å². The van der Waals surface area contributed by atoms with E-state index in [-0.39, 0.29) is 52.7 Å². The van der Waals surface area contributed by atoms with E-state index in [0.29, 0.717) is 0 Å². The summed E-state index contributed by atoms with van der Waals surface area (Å²) in [5.74, 6) is -1.72. The van der Waals surface area contributed by atoms with Crippen molar-refractivity contribution in [1.29, 1.82) is 0 Å². The molecule has 0 unspecified atom stereocenters. The monoisotopic (exact) mass is 486 g/mol. The van der Waals surface area contributed by atoms with Crippen molar-refractivity contribution in [2.45, 2.75) is 32.0 Å². The second-order valence-electron chi connectivity index (χ2n) is 7.55. The molecule has 12 heteroatoms. The van der Waals surface area contributed by atoms with Crippen molar-refractivity contribution in [3.63, 3.8) is 0 Å². The summed E-state index contributed by atoms with van der Waals surface area (Å²) in [5, 5.41) is 12.1. The summed E-state index contributed by atoms with van der Waals surface area (Å²) in [6.45, 7) is 5.06. The first-order valence-corrected chi connectivity index (χ1v) is 11.6. The van der Waals surface area contributed by atoms with Crippen LogP contribution in [0.2, 0.25) is 0 Å². The number of hydrogen-bond acceptors (Lipinski definition) is 7. The lowest BCUT2D eigenvalue weighted by Crippen LogP contribution is -2.29. The Hall–Kier alpha value is -3.12. The molecule has 2 aromatic rings. The summed E-state index contributed by atoms with van der Waals surface area (Å²) in [7, 11) is -4.20. The summed E-state index contributed by atoms with van der Waals surface area (Å²) >= 11 is 0. The Morgan fingerprint density at radius 2 is 1.79 bits per heavy atom. The van der Waals surface area contributed by atoms with Gasteiger partial charge in [-0.15, -0.1) is 8.78 Å². The molecule has 1 heterocycles. The fourth-order valence-electron chi connectivity index (χ4n) is 3.13. The number of hydrogen-bond donors (Lipinski definition) is 3. The second-order valence-corrected chi connectivity index (χ2v) is 9.20. The van der Waals surface area contributed by atoms with Crippen LogP contribution in [0.25, 0.3) is 0 Å². The van der Waals surface area contributed by atoms with E-state index < -0.39 is 28.1 Å². The zero-order chi connectivity index (χ0) is 24.4. The second kappa shape index (κ2) is 9.40. The van der Waals surface area contributed by atoms with Gasteiger partial charge in [-0.25, -0.2) is 8.42 Å².